The zero-order chi connectivity index (χ0) is 19.2. The fraction of sp³-hybridized carbons (Fsp3) is 0.438. The highest BCUT2D eigenvalue weighted by Gasteiger charge is 2.41. The number of methoxy groups -OCH3 is 1. The molecular weight excluding hydrogens is 373 g/mol. The highest BCUT2D eigenvalue weighted by molar-refractivity contribution is 7.20. The average Bonchev–Trinajstić information content (AvgIpc) is 3.15. The average molecular weight is 388 g/mol. The number of aliphatic carboxylic acids is 1. The van der Waals surface area contributed by atoms with E-state index in [1.165, 1.54) is 18.1 Å². The van der Waals surface area contributed by atoms with Crippen molar-refractivity contribution in [2.24, 2.45) is 0 Å². The van der Waals surface area contributed by atoms with Crippen LogP contribution < -0.4 is 0 Å². The summed E-state index contributed by atoms with van der Waals surface area (Å²) < 4.78 is 43.7. The van der Waals surface area contributed by atoms with E-state index in [4.69, 9.17) is 4.74 Å². The summed E-state index contributed by atoms with van der Waals surface area (Å²) in [4.78, 5) is 29.4. The summed E-state index contributed by atoms with van der Waals surface area (Å²) in [5.74, 6) is -1.68. The Morgan fingerprint density at radius 2 is 2.08 bits per heavy atom. The number of aryl methyl sites for hydroxylation is 1. The first kappa shape index (κ1) is 18.6. The fourth-order valence-corrected chi connectivity index (χ4v) is 4.15. The number of carbonyl (C=O) groups is 2. The molecule has 0 saturated carbocycles. The number of carbonyl (C=O) groups excluding carboxylic acids is 1. The molecule has 3 heterocycles. The number of carboxylic acids is 1. The normalized spacial score (nSPS) is 20.7. The molecule has 1 amide bonds. The molecule has 10 heteroatoms. The SMILES string of the molecule is CO[C@@H]1C[C@@H](C(=O)O)N(C(=O)c2sc3nc(C(F)(F)F)ccc3c2C)C1. The second kappa shape index (κ2) is 6.51. The van der Waals surface area contributed by atoms with Crippen LogP contribution in [0.5, 0.6) is 0 Å². The van der Waals surface area contributed by atoms with Crippen LogP contribution in [0, 0.1) is 6.92 Å². The smallest absolute Gasteiger partial charge is 0.433 e. The number of hydrogen-bond acceptors (Lipinski definition) is 5. The van der Waals surface area contributed by atoms with E-state index < -0.39 is 35.9 Å². The second-order valence-electron chi connectivity index (χ2n) is 6.01. The third-order valence-electron chi connectivity index (χ3n) is 4.43. The summed E-state index contributed by atoms with van der Waals surface area (Å²) in [5.41, 5.74) is -0.546. The maximum atomic E-state index is 12.9. The van der Waals surface area contributed by atoms with E-state index >= 15 is 0 Å². The molecule has 6 nitrogen and oxygen atoms in total. The summed E-state index contributed by atoms with van der Waals surface area (Å²) in [6.07, 6.45) is -4.81. The first-order chi connectivity index (χ1) is 12.1. The van der Waals surface area contributed by atoms with E-state index in [1.54, 1.807) is 6.92 Å². The van der Waals surface area contributed by atoms with Gasteiger partial charge in [0.2, 0.25) is 0 Å². The zero-order valence-corrected chi connectivity index (χ0v) is 14.6. The minimum Gasteiger partial charge on any atom is -0.480 e. The molecule has 2 atom stereocenters. The highest BCUT2D eigenvalue weighted by Crippen LogP contribution is 2.35. The molecule has 0 radical (unpaired) electrons. The van der Waals surface area contributed by atoms with Crippen molar-refractivity contribution < 1.29 is 32.6 Å². The minimum atomic E-state index is -4.58. The molecule has 3 rings (SSSR count). The maximum Gasteiger partial charge on any atom is 0.433 e. The molecule has 1 N–H and O–H groups in total. The number of nitrogens with zero attached hydrogens (tertiary/aromatic N) is 2. The molecule has 2 aromatic heterocycles. The molecule has 1 fully saturated rings. The van der Waals surface area contributed by atoms with Gasteiger partial charge in [-0.05, 0) is 24.6 Å². The Kier molecular flexibility index (Phi) is 4.65. The Bertz CT molecular complexity index is 880. The first-order valence-electron chi connectivity index (χ1n) is 7.67. The van der Waals surface area contributed by atoms with Gasteiger partial charge in [-0.3, -0.25) is 4.79 Å². The lowest BCUT2D eigenvalue weighted by atomic mass is 10.1. The third kappa shape index (κ3) is 3.14. The number of likely N-dealkylation sites (tertiary alicyclic amines) is 1. The summed E-state index contributed by atoms with van der Waals surface area (Å²) >= 11 is 0.836. The van der Waals surface area contributed by atoms with Gasteiger partial charge in [0.1, 0.15) is 16.6 Å². The standard InChI is InChI=1S/C16H15F3N2O4S/c1-7-9-3-4-11(16(17,18)19)20-13(9)26-12(7)14(22)21-6-8(25-2)5-10(21)15(23)24/h3-4,8,10H,5-6H2,1-2H3,(H,23,24)/t8-,10+/m1/s1. The van der Waals surface area contributed by atoms with Crippen LogP contribution in [0.2, 0.25) is 0 Å². The van der Waals surface area contributed by atoms with Gasteiger partial charge in [0, 0.05) is 25.5 Å². The number of fused-ring (bicyclic) bond motifs is 1. The van der Waals surface area contributed by atoms with Crippen molar-refractivity contribution in [2.45, 2.75) is 31.7 Å². The van der Waals surface area contributed by atoms with Crippen molar-refractivity contribution in [3.05, 3.63) is 28.3 Å². The molecule has 0 unspecified atom stereocenters. The summed E-state index contributed by atoms with van der Waals surface area (Å²) in [5, 5.41) is 9.79. The van der Waals surface area contributed by atoms with Gasteiger partial charge >= 0.3 is 12.1 Å². The lowest BCUT2D eigenvalue weighted by Crippen LogP contribution is -2.40. The van der Waals surface area contributed by atoms with E-state index in [-0.39, 0.29) is 22.7 Å². The number of pyridine rings is 1. The van der Waals surface area contributed by atoms with Crippen LogP contribution in [0.15, 0.2) is 12.1 Å². The topological polar surface area (TPSA) is 79.7 Å². The molecule has 1 aliphatic rings. The Morgan fingerprint density at radius 3 is 2.65 bits per heavy atom. The molecule has 1 aliphatic heterocycles. The molecule has 1 saturated heterocycles. The van der Waals surface area contributed by atoms with Crippen LogP contribution in [0.4, 0.5) is 13.2 Å². The van der Waals surface area contributed by atoms with Crippen LogP contribution in [-0.4, -0.2) is 52.7 Å². The van der Waals surface area contributed by atoms with Crippen molar-refractivity contribution in [1.29, 1.82) is 0 Å². The number of carboxylic acid groups (broad SMARTS) is 1. The van der Waals surface area contributed by atoms with Crippen LogP contribution in [0.1, 0.15) is 27.3 Å². The number of amides is 1. The van der Waals surface area contributed by atoms with Crippen molar-refractivity contribution in [2.75, 3.05) is 13.7 Å². The Balaban J connectivity index is 2.00. The molecular formula is C16H15F3N2O4S. The van der Waals surface area contributed by atoms with Gasteiger partial charge in [-0.15, -0.1) is 11.3 Å². The van der Waals surface area contributed by atoms with Crippen molar-refractivity contribution >= 4 is 33.4 Å². The van der Waals surface area contributed by atoms with E-state index in [9.17, 15) is 27.9 Å². The van der Waals surface area contributed by atoms with Crippen LogP contribution in [0.3, 0.4) is 0 Å². The Hall–Kier alpha value is -2.20. The van der Waals surface area contributed by atoms with Crippen molar-refractivity contribution in [3.63, 3.8) is 0 Å². The highest BCUT2D eigenvalue weighted by atomic mass is 32.1. The summed E-state index contributed by atoms with van der Waals surface area (Å²) in [6.45, 7) is 1.72. The Morgan fingerprint density at radius 1 is 1.38 bits per heavy atom. The zero-order valence-electron chi connectivity index (χ0n) is 13.8. The number of halogens is 3. The summed E-state index contributed by atoms with van der Waals surface area (Å²) in [6, 6.07) is 1.12. The van der Waals surface area contributed by atoms with E-state index in [0.29, 0.717) is 10.9 Å². The van der Waals surface area contributed by atoms with Crippen molar-refractivity contribution in [1.82, 2.24) is 9.88 Å². The van der Waals surface area contributed by atoms with Crippen LogP contribution >= 0.6 is 11.3 Å². The number of aromatic nitrogens is 1. The summed E-state index contributed by atoms with van der Waals surface area (Å²) in [7, 11) is 1.44. The fourth-order valence-electron chi connectivity index (χ4n) is 3.02. The predicted molar refractivity (Wildman–Crippen MR) is 87.2 cm³/mol. The lowest BCUT2D eigenvalue weighted by Gasteiger charge is -2.20. The van der Waals surface area contributed by atoms with Gasteiger partial charge < -0.3 is 14.7 Å². The molecule has 0 bridgehead atoms. The molecule has 26 heavy (non-hydrogen) atoms. The number of hydrogen-bond donors (Lipinski definition) is 1. The van der Waals surface area contributed by atoms with Gasteiger partial charge in [0.05, 0.1) is 11.0 Å². The molecule has 140 valence electrons. The van der Waals surface area contributed by atoms with Crippen molar-refractivity contribution in [3.8, 4) is 0 Å². The third-order valence-corrected chi connectivity index (χ3v) is 5.62. The van der Waals surface area contributed by atoms with Gasteiger partial charge in [-0.2, -0.15) is 13.2 Å². The van der Waals surface area contributed by atoms with E-state index in [2.05, 4.69) is 4.98 Å². The first-order valence-corrected chi connectivity index (χ1v) is 8.49. The molecule has 2 aromatic rings. The van der Waals surface area contributed by atoms with E-state index in [1.807, 2.05) is 0 Å². The monoisotopic (exact) mass is 388 g/mol. The molecule has 0 aliphatic carbocycles. The molecule has 0 aromatic carbocycles. The predicted octanol–water partition coefficient (Wildman–Crippen LogP) is 2.94. The van der Waals surface area contributed by atoms with E-state index in [0.717, 1.165) is 17.4 Å². The van der Waals surface area contributed by atoms with Crippen LogP contribution in [-0.2, 0) is 15.7 Å². The maximum absolute atomic E-state index is 12.9. The number of rotatable bonds is 3. The van der Waals surface area contributed by atoms with Gasteiger partial charge in [-0.1, -0.05) is 0 Å². The second-order valence-corrected chi connectivity index (χ2v) is 7.01. The van der Waals surface area contributed by atoms with Gasteiger partial charge in [0.25, 0.3) is 5.91 Å². The number of ether oxygens (including phenoxy) is 1. The van der Waals surface area contributed by atoms with Gasteiger partial charge in [-0.25, -0.2) is 9.78 Å². The van der Waals surface area contributed by atoms with Gasteiger partial charge in [0.15, 0.2) is 0 Å². The van der Waals surface area contributed by atoms with Crippen LogP contribution in [0.25, 0.3) is 10.2 Å². The quantitative estimate of drug-likeness (QED) is 0.875. The minimum absolute atomic E-state index is 0.0926. The number of thiophene rings is 1. The molecule has 0 spiro atoms. The number of alkyl halides is 3. The lowest BCUT2D eigenvalue weighted by molar-refractivity contribution is -0.142. The Labute approximate surface area is 150 Å². The largest absolute Gasteiger partial charge is 0.480 e.